The van der Waals surface area contributed by atoms with E-state index in [0.29, 0.717) is 22.4 Å². The van der Waals surface area contributed by atoms with Crippen molar-refractivity contribution < 1.29 is 27.3 Å². The summed E-state index contributed by atoms with van der Waals surface area (Å²) >= 11 is 5.83. The van der Waals surface area contributed by atoms with E-state index in [-0.39, 0.29) is 5.76 Å². The maximum Gasteiger partial charge on any atom is 0.418 e. The number of nitrogens with zero attached hydrogens (tertiary/aromatic N) is 2. The fourth-order valence-corrected chi connectivity index (χ4v) is 2.80. The second kappa shape index (κ2) is 8.95. The number of non-ortho nitro benzene ring substituents is 1. The number of amides is 1. The molecule has 0 bridgehead atoms. The van der Waals surface area contributed by atoms with E-state index in [1.165, 1.54) is 6.07 Å². The molecule has 1 heterocycles. The van der Waals surface area contributed by atoms with Crippen molar-refractivity contribution >= 4 is 35.0 Å². The van der Waals surface area contributed by atoms with E-state index in [0.717, 1.165) is 18.2 Å². The lowest BCUT2D eigenvalue weighted by molar-refractivity contribution is -0.385. The normalized spacial score (nSPS) is 11.7. The number of carbonyl (C=O) groups is 1. The number of nitro groups is 1. The number of anilines is 1. The molecule has 3 rings (SSSR count). The van der Waals surface area contributed by atoms with Crippen LogP contribution in [-0.4, -0.2) is 10.8 Å². The Morgan fingerprint density at radius 1 is 1.16 bits per heavy atom. The van der Waals surface area contributed by atoms with Crippen molar-refractivity contribution in [3.63, 3.8) is 0 Å². The summed E-state index contributed by atoms with van der Waals surface area (Å²) in [7, 11) is 0. The zero-order valence-electron chi connectivity index (χ0n) is 15.8. The molecule has 0 aliphatic rings. The van der Waals surface area contributed by atoms with Crippen LogP contribution in [0.4, 0.5) is 24.5 Å². The Labute approximate surface area is 183 Å². The van der Waals surface area contributed by atoms with Crippen LogP contribution in [0.25, 0.3) is 17.4 Å². The van der Waals surface area contributed by atoms with Gasteiger partial charge in [0.25, 0.3) is 11.6 Å². The second-order valence-corrected chi connectivity index (χ2v) is 6.75. The van der Waals surface area contributed by atoms with Crippen LogP contribution in [0.5, 0.6) is 0 Å². The summed E-state index contributed by atoms with van der Waals surface area (Å²) in [6.07, 6.45) is -3.91. The maximum atomic E-state index is 13.3. The van der Waals surface area contributed by atoms with Crippen molar-refractivity contribution in [2.75, 3.05) is 5.32 Å². The first-order valence-electron chi connectivity index (χ1n) is 8.73. The molecule has 3 aromatic rings. The van der Waals surface area contributed by atoms with Crippen molar-refractivity contribution in [3.8, 4) is 17.4 Å². The molecule has 0 aliphatic carbocycles. The summed E-state index contributed by atoms with van der Waals surface area (Å²) in [5, 5.41) is 22.6. The van der Waals surface area contributed by atoms with Crippen molar-refractivity contribution in [3.05, 3.63) is 86.6 Å². The van der Waals surface area contributed by atoms with E-state index in [2.05, 4.69) is 0 Å². The van der Waals surface area contributed by atoms with E-state index < -0.39 is 39.5 Å². The monoisotopic (exact) mass is 461 g/mol. The van der Waals surface area contributed by atoms with Gasteiger partial charge in [-0.25, -0.2) is 0 Å². The molecular formula is C21H11ClF3N3O4. The summed E-state index contributed by atoms with van der Waals surface area (Å²) in [6.45, 7) is 0. The Kier molecular flexibility index (Phi) is 6.32. The van der Waals surface area contributed by atoms with Crippen LogP contribution in [0.15, 0.2) is 64.6 Å². The highest BCUT2D eigenvalue weighted by Crippen LogP contribution is 2.37. The summed E-state index contributed by atoms with van der Waals surface area (Å²) in [6, 6.07) is 13.2. The van der Waals surface area contributed by atoms with Gasteiger partial charge in [0.2, 0.25) is 0 Å². The number of rotatable bonds is 5. The Balaban J connectivity index is 1.87. The van der Waals surface area contributed by atoms with E-state index >= 15 is 0 Å². The zero-order chi connectivity index (χ0) is 23.5. The van der Waals surface area contributed by atoms with Crippen LogP contribution < -0.4 is 5.32 Å². The molecule has 0 unspecified atom stereocenters. The van der Waals surface area contributed by atoms with Crippen molar-refractivity contribution in [2.45, 2.75) is 6.18 Å². The smallest absolute Gasteiger partial charge is 0.418 e. The van der Waals surface area contributed by atoms with E-state index in [4.69, 9.17) is 16.0 Å². The van der Waals surface area contributed by atoms with Gasteiger partial charge in [-0.05, 0) is 42.5 Å². The SMILES string of the molecule is N#C/C(=C\c1ccc(-c2ccc(Cl)cc2)o1)C(=O)Nc1ccc([N+](=O)[O-])cc1C(F)(F)F. The third-order valence-electron chi connectivity index (χ3n) is 4.17. The molecule has 0 aliphatic heterocycles. The highest BCUT2D eigenvalue weighted by atomic mass is 35.5. The van der Waals surface area contributed by atoms with Crippen molar-refractivity contribution in [2.24, 2.45) is 0 Å². The number of hydrogen-bond donors (Lipinski definition) is 1. The molecule has 0 spiro atoms. The van der Waals surface area contributed by atoms with Gasteiger partial charge in [-0.15, -0.1) is 0 Å². The van der Waals surface area contributed by atoms with Crippen LogP contribution in [0, 0.1) is 21.4 Å². The molecule has 0 radical (unpaired) electrons. The average Bonchev–Trinajstić information content (AvgIpc) is 3.20. The molecular weight excluding hydrogens is 451 g/mol. The molecule has 162 valence electrons. The van der Waals surface area contributed by atoms with Gasteiger partial charge in [0.1, 0.15) is 23.2 Å². The minimum absolute atomic E-state index is 0.112. The summed E-state index contributed by atoms with van der Waals surface area (Å²) < 4.78 is 45.4. The Hall–Kier alpha value is -4.10. The first-order chi connectivity index (χ1) is 15.1. The number of carbonyl (C=O) groups excluding carboxylic acids is 1. The van der Waals surface area contributed by atoms with Gasteiger partial charge in [-0.3, -0.25) is 14.9 Å². The summed E-state index contributed by atoms with van der Waals surface area (Å²) in [5.41, 5.74) is -2.79. The minimum atomic E-state index is -4.97. The van der Waals surface area contributed by atoms with Gasteiger partial charge >= 0.3 is 6.18 Å². The summed E-state index contributed by atoms with van der Waals surface area (Å²) in [5.74, 6) is -0.613. The Morgan fingerprint density at radius 2 is 1.84 bits per heavy atom. The first-order valence-corrected chi connectivity index (χ1v) is 9.11. The predicted molar refractivity (Wildman–Crippen MR) is 109 cm³/mol. The van der Waals surface area contributed by atoms with Gasteiger partial charge in [-0.1, -0.05) is 11.6 Å². The third-order valence-corrected chi connectivity index (χ3v) is 4.43. The van der Waals surface area contributed by atoms with Crippen LogP contribution in [0.3, 0.4) is 0 Å². The molecule has 7 nitrogen and oxygen atoms in total. The number of nitriles is 1. The molecule has 1 N–H and O–H groups in total. The standard InChI is InChI=1S/C21H11ClF3N3O4/c22-14-3-1-12(2-4-14)19-8-6-16(32-19)9-13(11-26)20(29)27-18-7-5-15(28(30)31)10-17(18)21(23,24)25/h1-10H,(H,27,29)/b13-9+. The van der Waals surface area contributed by atoms with Gasteiger partial charge in [0.05, 0.1) is 16.2 Å². The molecule has 1 amide bonds. The van der Waals surface area contributed by atoms with Gasteiger partial charge in [0, 0.05) is 28.8 Å². The van der Waals surface area contributed by atoms with Crippen molar-refractivity contribution in [1.29, 1.82) is 5.26 Å². The van der Waals surface area contributed by atoms with Crippen LogP contribution >= 0.6 is 11.6 Å². The van der Waals surface area contributed by atoms with Gasteiger partial charge < -0.3 is 9.73 Å². The van der Waals surface area contributed by atoms with Gasteiger partial charge in [0.15, 0.2) is 0 Å². The topological polar surface area (TPSA) is 109 Å². The number of hydrogen-bond acceptors (Lipinski definition) is 5. The minimum Gasteiger partial charge on any atom is -0.457 e. The van der Waals surface area contributed by atoms with E-state index in [1.807, 2.05) is 5.32 Å². The number of nitro benzene ring substituents is 1. The lowest BCUT2D eigenvalue weighted by Crippen LogP contribution is -2.18. The van der Waals surface area contributed by atoms with Crippen LogP contribution in [0.2, 0.25) is 5.02 Å². The van der Waals surface area contributed by atoms with Crippen LogP contribution in [0.1, 0.15) is 11.3 Å². The molecule has 1 aromatic heterocycles. The Bertz CT molecular complexity index is 1260. The number of nitrogens with one attached hydrogen (secondary N) is 1. The quantitative estimate of drug-likeness (QED) is 0.214. The fraction of sp³-hybridized carbons (Fsp3) is 0.0476. The second-order valence-electron chi connectivity index (χ2n) is 6.32. The number of benzene rings is 2. The largest absolute Gasteiger partial charge is 0.457 e. The lowest BCUT2D eigenvalue weighted by atomic mass is 10.1. The lowest BCUT2D eigenvalue weighted by Gasteiger charge is -2.13. The van der Waals surface area contributed by atoms with Crippen LogP contribution in [-0.2, 0) is 11.0 Å². The molecule has 2 aromatic carbocycles. The molecule has 0 saturated carbocycles. The highest BCUT2D eigenvalue weighted by molar-refractivity contribution is 6.30. The fourth-order valence-electron chi connectivity index (χ4n) is 2.67. The number of halogens is 4. The van der Waals surface area contributed by atoms with Gasteiger partial charge in [-0.2, -0.15) is 18.4 Å². The number of furan rings is 1. The molecule has 0 atom stereocenters. The van der Waals surface area contributed by atoms with E-state index in [1.54, 1.807) is 36.4 Å². The number of alkyl halides is 3. The molecule has 0 fully saturated rings. The summed E-state index contributed by atoms with van der Waals surface area (Å²) in [4.78, 5) is 22.2. The highest BCUT2D eigenvalue weighted by Gasteiger charge is 2.36. The Morgan fingerprint density at radius 3 is 2.44 bits per heavy atom. The average molecular weight is 462 g/mol. The van der Waals surface area contributed by atoms with Crippen molar-refractivity contribution in [1.82, 2.24) is 0 Å². The third kappa shape index (κ3) is 5.14. The first kappa shape index (κ1) is 22.6. The maximum absolute atomic E-state index is 13.3. The zero-order valence-corrected chi connectivity index (χ0v) is 16.6. The molecule has 0 saturated heterocycles. The van der Waals surface area contributed by atoms with E-state index in [9.17, 15) is 33.3 Å². The predicted octanol–water partition coefficient (Wildman–Crippen LogP) is 6.07. The molecule has 32 heavy (non-hydrogen) atoms. The molecule has 11 heteroatoms.